The molecule has 1 fully saturated rings. The smallest absolute Gasteiger partial charge is 0.279 e. The Morgan fingerprint density at radius 3 is 2.48 bits per heavy atom. The maximum Gasteiger partial charge on any atom is 0.279 e. The fraction of sp³-hybridized carbons (Fsp3) is 0.529. The SMILES string of the molecule is COc1cc(C#N)c(NC(=O)C[NH+]2CCC(C)CC2)cc1OC. The van der Waals surface area contributed by atoms with Crippen molar-refractivity contribution in [3.8, 4) is 17.6 Å². The number of benzene rings is 1. The average Bonchev–Trinajstić information content (AvgIpc) is 2.56. The second-order valence-electron chi connectivity index (χ2n) is 6.02. The number of nitriles is 1. The van der Waals surface area contributed by atoms with Gasteiger partial charge in [-0.15, -0.1) is 0 Å². The van der Waals surface area contributed by atoms with E-state index in [0.29, 0.717) is 29.3 Å². The fourth-order valence-electron chi connectivity index (χ4n) is 2.84. The first-order valence-electron chi connectivity index (χ1n) is 7.87. The van der Waals surface area contributed by atoms with Crippen LogP contribution in [0.1, 0.15) is 25.3 Å². The molecule has 0 aliphatic carbocycles. The van der Waals surface area contributed by atoms with E-state index >= 15 is 0 Å². The number of ether oxygens (including phenoxy) is 2. The van der Waals surface area contributed by atoms with Gasteiger partial charge in [0.25, 0.3) is 5.91 Å². The lowest BCUT2D eigenvalue weighted by atomic mass is 9.99. The van der Waals surface area contributed by atoms with Crippen LogP contribution in [-0.4, -0.2) is 39.8 Å². The van der Waals surface area contributed by atoms with Crippen LogP contribution < -0.4 is 19.7 Å². The quantitative estimate of drug-likeness (QED) is 0.843. The van der Waals surface area contributed by atoms with E-state index < -0.39 is 0 Å². The predicted octanol–water partition coefficient (Wildman–Crippen LogP) is 0.829. The standard InChI is InChI=1S/C17H23N3O3/c1-12-4-6-20(7-5-12)11-17(21)19-14-9-16(23-3)15(22-2)8-13(14)10-18/h8-9,12H,4-7,11H2,1-3H3,(H,19,21)/p+1. The number of hydrogen-bond acceptors (Lipinski definition) is 4. The van der Waals surface area contributed by atoms with Gasteiger partial charge in [-0.1, -0.05) is 6.92 Å². The highest BCUT2D eigenvalue weighted by atomic mass is 16.5. The van der Waals surface area contributed by atoms with Crippen LogP contribution in [0.5, 0.6) is 11.5 Å². The Morgan fingerprint density at radius 2 is 1.91 bits per heavy atom. The topological polar surface area (TPSA) is 75.8 Å². The van der Waals surface area contributed by atoms with Gasteiger partial charge < -0.3 is 19.7 Å². The minimum absolute atomic E-state index is 0.0849. The van der Waals surface area contributed by atoms with Crippen LogP contribution in [0.2, 0.25) is 0 Å². The largest absolute Gasteiger partial charge is 0.493 e. The molecule has 0 atom stereocenters. The van der Waals surface area contributed by atoms with Crippen molar-refractivity contribution in [2.75, 3.05) is 39.2 Å². The Hall–Kier alpha value is -2.26. The molecule has 1 aromatic rings. The highest BCUT2D eigenvalue weighted by molar-refractivity contribution is 5.93. The van der Waals surface area contributed by atoms with Crippen molar-refractivity contribution in [2.24, 2.45) is 5.92 Å². The molecule has 2 rings (SSSR count). The van der Waals surface area contributed by atoms with Gasteiger partial charge >= 0.3 is 0 Å². The van der Waals surface area contributed by atoms with Crippen molar-refractivity contribution in [2.45, 2.75) is 19.8 Å². The Kier molecular flexibility index (Phi) is 5.83. The highest BCUT2D eigenvalue weighted by Crippen LogP contribution is 2.32. The number of quaternary nitrogens is 1. The summed E-state index contributed by atoms with van der Waals surface area (Å²) in [6.45, 7) is 4.71. The second-order valence-corrected chi connectivity index (χ2v) is 6.02. The van der Waals surface area contributed by atoms with Gasteiger partial charge in [0.2, 0.25) is 0 Å². The van der Waals surface area contributed by atoms with Crippen molar-refractivity contribution < 1.29 is 19.2 Å². The molecular weight excluding hydrogens is 294 g/mol. The molecule has 1 aromatic carbocycles. The number of nitrogens with zero attached hydrogens (tertiary/aromatic N) is 1. The summed E-state index contributed by atoms with van der Waals surface area (Å²) >= 11 is 0. The molecule has 124 valence electrons. The number of carbonyl (C=O) groups is 1. The Labute approximate surface area is 137 Å². The summed E-state index contributed by atoms with van der Waals surface area (Å²) in [5.41, 5.74) is 0.818. The van der Waals surface area contributed by atoms with Crippen molar-refractivity contribution in [1.82, 2.24) is 0 Å². The van der Waals surface area contributed by atoms with Gasteiger partial charge in [-0.3, -0.25) is 4.79 Å². The second kappa shape index (κ2) is 7.84. The van der Waals surface area contributed by atoms with Crippen LogP contribution in [-0.2, 0) is 4.79 Å². The summed E-state index contributed by atoms with van der Waals surface area (Å²) in [5.74, 6) is 1.62. The highest BCUT2D eigenvalue weighted by Gasteiger charge is 2.22. The van der Waals surface area contributed by atoms with E-state index in [1.807, 2.05) is 0 Å². The summed E-state index contributed by atoms with van der Waals surface area (Å²) in [5, 5.41) is 12.1. The predicted molar refractivity (Wildman–Crippen MR) is 86.9 cm³/mol. The number of anilines is 1. The first-order chi connectivity index (χ1) is 11.1. The maximum absolute atomic E-state index is 12.3. The van der Waals surface area contributed by atoms with E-state index in [4.69, 9.17) is 9.47 Å². The Morgan fingerprint density at radius 1 is 1.30 bits per heavy atom. The number of rotatable bonds is 5. The minimum Gasteiger partial charge on any atom is -0.493 e. The molecule has 6 nitrogen and oxygen atoms in total. The monoisotopic (exact) mass is 318 g/mol. The molecular formula is C17H24N3O3+. The number of nitrogens with one attached hydrogen (secondary N) is 2. The lowest BCUT2D eigenvalue weighted by Gasteiger charge is -2.26. The summed E-state index contributed by atoms with van der Waals surface area (Å²) in [4.78, 5) is 13.6. The lowest BCUT2D eigenvalue weighted by molar-refractivity contribution is -0.897. The van der Waals surface area contributed by atoms with E-state index in [0.717, 1.165) is 31.8 Å². The Balaban J connectivity index is 2.06. The molecule has 0 saturated carbocycles. The number of carbonyl (C=O) groups excluding carboxylic acids is 1. The van der Waals surface area contributed by atoms with Gasteiger partial charge in [-0.25, -0.2) is 0 Å². The molecule has 1 aliphatic heterocycles. The summed E-state index contributed by atoms with van der Waals surface area (Å²) < 4.78 is 10.4. The molecule has 1 saturated heterocycles. The molecule has 0 radical (unpaired) electrons. The number of hydrogen-bond donors (Lipinski definition) is 2. The molecule has 0 spiro atoms. The van der Waals surface area contributed by atoms with Gasteiger partial charge in [0.1, 0.15) is 6.07 Å². The van der Waals surface area contributed by atoms with E-state index in [2.05, 4.69) is 18.3 Å². The average molecular weight is 318 g/mol. The number of amides is 1. The third-order valence-corrected chi connectivity index (χ3v) is 4.31. The normalized spacial score (nSPS) is 20.4. The van der Waals surface area contributed by atoms with E-state index in [-0.39, 0.29) is 5.91 Å². The maximum atomic E-state index is 12.3. The number of piperidine rings is 1. The zero-order chi connectivity index (χ0) is 16.8. The first-order valence-corrected chi connectivity index (χ1v) is 7.87. The minimum atomic E-state index is -0.0849. The van der Waals surface area contributed by atoms with E-state index in [1.54, 1.807) is 12.1 Å². The molecule has 1 heterocycles. The molecule has 0 unspecified atom stereocenters. The van der Waals surface area contributed by atoms with Gasteiger partial charge in [-0.05, 0) is 18.8 Å². The lowest BCUT2D eigenvalue weighted by Crippen LogP contribution is -3.14. The fourth-order valence-corrected chi connectivity index (χ4v) is 2.84. The molecule has 1 aliphatic rings. The molecule has 2 N–H and O–H groups in total. The molecule has 0 bridgehead atoms. The molecule has 0 aromatic heterocycles. The van der Waals surface area contributed by atoms with Crippen LogP contribution in [0.25, 0.3) is 0 Å². The third-order valence-electron chi connectivity index (χ3n) is 4.31. The molecule has 6 heteroatoms. The van der Waals surface area contributed by atoms with Crippen LogP contribution in [0.15, 0.2) is 12.1 Å². The number of likely N-dealkylation sites (tertiary alicyclic amines) is 1. The van der Waals surface area contributed by atoms with Crippen molar-refractivity contribution in [3.05, 3.63) is 17.7 Å². The van der Waals surface area contributed by atoms with Crippen LogP contribution >= 0.6 is 0 Å². The van der Waals surface area contributed by atoms with E-state index in [9.17, 15) is 10.1 Å². The van der Waals surface area contributed by atoms with Crippen LogP contribution in [0.4, 0.5) is 5.69 Å². The molecule has 23 heavy (non-hydrogen) atoms. The summed E-state index contributed by atoms with van der Waals surface area (Å²) in [7, 11) is 3.03. The summed E-state index contributed by atoms with van der Waals surface area (Å²) in [6.07, 6.45) is 2.31. The Bertz CT molecular complexity index is 602. The van der Waals surface area contributed by atoms with Gasteiger partial charge in [0, 0.05) is 12.1 Å². The first kappa shape index (κ1) is 17.1. The van der Waals surface area contributed by atoms with E-state index in [1.165, 1.54) is 19.1 Å². The van der Waals surface area contributed by atoms with Crippen LogP contribution in [0.3, 0.4) is 0 Å². The number of methoxy groups -OCH3 is 2. The van der Waals surface area contributed by atoms with Crippen molar-refractivity contribution >= 4 is 11.6 Å². The van der Waals surface area contributed by atoms with Crippen molar-refractivity contribution in [3.63, 3.8) is 0 Å². The van der Waals surface area contributed by atoms with Crippen molar-refractivity contribution in [1.29, 1.82) is 5.26 Å². The molecule has 1 amide bonds. The zero-order valence-corrected chi connectivity index (χ0v) is 13.9. The van der Waals surface area contributed by atoms with Gasteiger partial charge in [0.05, 0.1) is 38.6 Å². The van der Waals surface area contributed by atoms with Gasteiger partial charge in [0.15, 0.2) is 18.0 Å². The zero-order valence-electron chi connectivity index (χ0n) is 13.9. The summed E-state index contributed by atoms with van der Waals surface area (Å²) in [6, 6.07) is 5.28. The van der Waals surface area contributed by atoms with Gasteiger partial charge in [-0.2, -0.15) is 5.26 Å². The van der Waals surface area contributed by atoms with Crippen LogP contribution in [0, 0.1) is 17.2 Å². The third kappa shape index (κ3) is 4.36.